The lowest BCUT2D eigenvalue weighted by atomic mass is 9.81. The van der Waals surface area contributed by atoms with E-state index in [1.54, 1.807) is 7.11 Å². The van der Waals surface area contributed by atoms with Gasteiger partial charge in [0.2, 0.25) is 0 Å². The summed E-state index contributed by atoms with van der Waals surface area (Å²) in [5.41, 5.74) is 1.67. The quantitative estimate of drug-likeness (QED) is 0.675. The van der Waals surface area contributed by atoms with Gasteiger partial charge in [-0.05, 0) is 24.7 Å². The van der Waals surface area contributed by atoms with Crippen LogP contribution in [0.15, 0.2) is 4.99 Å². The van der Waals surface area contributed by atoms with Gasteiger partial charge in [-0.3, -0.25) is 4.99 Å². The highest BCUT2D eigenvalue weighted by Gasteiger charge is 2.46. The number of hydrogen-bond acceptors (Lipinski definition) is 2. The van der Waals surface area contributed by atoms with Crippen molar-refractivity contribution in [2.75, 3.05) is 13.7 Å². The Bertz CT molecular complexity index is 270. The molecule has 0 radical (unpaired) electrons. The minimum absolute atomic E-state index is 0.0278. The molecule has 1 aliphatic carbocycles. The average molecular weight is 225 g/mol. The Morgan fingerprint density at radius 1 is 1.50 bits per heavy atom. The van der Waals surface area contributed by atoms with Gasteiger partial charge in [-0.1, -0.05) is 34.1 Å². The molecular formula is C14H27NO. The Hall–Kier alpha value is -0.370. The highest BCUT2D eigenvalue weighted by molar-refractivity contribution is 6.08. The first-order valence-corrected chi connectivity index (χ1v) is 6.42. The summed E-state index contributed by atoms with van der Waals surface area (Å²) in [4.78, 5) is 4.67. The van der Waals surface area contributed by atoms with E-state index in [2.05, 4.69) is 39.6 Å². The third kappa shape index (κ3) is 3.58. The van der Waals surface area contributed by atoms with Crippen molar-refractivity contribution >= 4 is 5.71 Å². The molecule has 0 spiro atoms. The molecule has 0 bridgehead atoms. The maximum absolute atomic E-state index is 5.38. The van der Waals surface area contributed by atoms with Crippen LogP contribution in [0.25, 0.3) is 0 Å². The van der Waals surface area contributed by atoms with E-state index >= 15 is 0 Å². The summed E-state index contributed by atoms with van der Waals surface area (Å²) in [7, 11) is 1.77. The second kappa shape index (κ2) is 4.87. The first-order valence-electron chi connectivity index (χ1n) is 6.42. The average Bonchev–Trinajstić information content (AvgIpc) is 2.87. The topological polar surface area (TPSA) is 21.6 Å². The van der Waals surface area contributed by atoms with Gasteiger partial charge in [0.1, 0.15) is 5.60 Å². The molecule has 1 saturated carbocycles. The van der Waals surface area contributed by atoms with E-state index in [-0.39, 0.29) is 5.60 Å². The van der Waals surface area contributed by atoms with Crippen molar-refractivity contribution in [3.63, 3.8) is 0 Å². The summed E-state index contributed by atoms with van der Waals surface area (Å²) >= 11 is 0. The second-order valence-electron chi connectivity index (χ2n) is 6.23. The lowest BCUT2D eigenvalue weighted by molar-refractivity contribution is 0.117. The van der Waals surface area contributed by atoms with E-state index in [1.165, 1.54) is 18.6 Å². The van der Waals surface area contributed by atoms with E-state index < -0.39 is 0 Å². The molecule has 0 N–H and O–H groups in total. The van der Waals surface area contributed by atoms with E-state index in [9.17, 15) is 0 Å². The van der Waals surface area contributed by atoms with Crippen LogP contribution in [0.5, 0.6) is 0 Å². The zero-order valence-electron chi connectivity index (χ0n) is 11.8. The van der Waals surface area contributed by atoms with Crippen molar-refractivity contribution in [1.29, 1.82) is 0 Å². The largest absolute Gasteiger partial charge is 0.372 e. The minimum atomic E-state index is -0.0278. The maximum Gasteiger partial charge on any atom is 0.108 e. The Morgan fingerprint density at radius 3 is 2.56 bits per heavy atom. The SMILES string of the molecule is CCC(C)(C)CC(C)CN=C1CC1(C)OC. The van der Waals surface area contributed by atoms with Gasteiger partial charge in [0.15, 0.2) is 0 Å². The first-order chi connectivity index (χ1) is 7.33. The predicted molar refractivity (Wildman–Crippen MR) is 70.2 cm³/mol. The summed E-state index contributed by atoms with van der Waals surface area (Å²) < 4.78 is 5.38. The number of rotatable bonds is 6. The van der Waals surface area contributed by atoms with Crippen molar-refractivity contribution in [3.8, 4) is 0 Å². The number of ether oxygens (including phenoxy) is 1. The van der Waals surface area contributed by atoms with Gasteiger partial charge < -0.3 is 4.74 Å². The highest BCUT2D eigenvalue weighted by Crippen LogP contribution is 2.35. The van der Waals surface area contributed by atoms with Crippen LogP contribution in [0.1, 0.15) is 53.9 Å². The van der Waals surface area contributed by atoms with Crippen molar-refractivity contribution < 1.29 is 4.74 Å². The van der Waals surface area contributed by atoms with Crippen molar-refractivity contribution in [3.05, 3.63) is 0 Å². The number of aliphatic imine (C=N–C) groups is 1. The minimum Gasteiger partial charge on any atom is -0.372 e. The van der Waals surface area contributed by atoms with Crippen LogP contribution in [0, 0.1) is 11.3 Å². The predicted octanol–water partition coefficient (Wildman–Crippen LogP) is 3.70. The standard InChI is InChI=1S/C14H27NO/c1-7-13(3,4)8-11(2)10-15-12-9-14(12,5)16-6/h11H,7-10H2,1-6H3. The van der Waals surface area contributed by atoms with Crippen LogP contribution in [0.3, 0.4) is 0 Å². The van der Waals surface area contributed by atoms with E-state index in [4.69, 9.17) is 4.74 Å². The summed E-state index contributed by atoms with van der Waals surface area (Å²) in [6.45, 7) is 12.3. The van der Waals surface area contributed by atoms with Gasteiger partial charge in [-0.25, -0.2) is 0 Å². The number of hydrogen-bond donors (Lipinski definition) is 0. The lowest BCUT2D eigenvalue weighted by Crippen LogP contribution is -2.16. The summed E-state index contributed by atoms with van der Waals surface area (Å²) in [6.07, 6.45) is 3.51. The molecule has 0 heterocycles. The molecule has 0 aromatic rings. The molecule has 2 unspecified atom stereocenters. The van der Waals surface area contributed by atoms with Crippen molar-refractivity contribution in [1.82, 2.24) is 0 Å². The number of methoxy groups -OCH3 is 1. The monoisotopic (exact) mass is 225 g/mol. The van der Waals surface area contributed by atoms with Gasteiger partial charge in [0, 0.05) is 25.8 Å². The molecule has 0 amide bonds. The molecule has 94 valence electrons. The van der Waals surface area contributed by atoms with Gasteiger partial charge in [-0.2, -0.15) is 0 Å². The molecule has 1 fully saturated rings. The first kappa shape index (κ1) is 13.7. The fourth-order valence-electron chi connectivity index (χ4n) is 2.11. The van der Waals surface area contributed by atoms with Crippen LogP contribution < -0.4 is 0 Å². The molecule has 0 aromatic heterocycles. The second-order valence-corrected chi connectivity index (χ2v) is 6.23. The molecule has 0 aliphatic heterocycles. The Labute approximate surface area is 100 Å². The van der Waals surface area contributed by atoms with Crippen molar-refractivity contribution in [2.45, 2.75) is 59.5 Å². The van der Waals surface area contributed by atoms with Crippen LogP contribution in [-0.4, -0.2) is 25.0 Å². The molecule has 1 aliphatic rings. The van der Waals surface area contributed by atoms with E-state index in [0.29, 0.717) is 11.3 Å². The van der Waals surface area contributed by atoms with E-state index in [1.807, 2.05) is 0 Å². The molecule has 16 heavy (non-hydrogen) atoms. The summed E-state index contributed by atoms with van der Waals surface area (Å²) in [5, 5.41) is 0. The summed E-state index contributed by atoms with van der Waals surface area (Å²) in [6, 6.07) is 0. The normalized spacial score (nSPS) is 29.5. The molecule has 0 saturated heterocycles. The zero-order chi connectivity index (χ0) is 12.4. The molecular weight excluding hydrogens is 198 g/mol. The fraction of sp³-hybridized carbons (Fsp3) is 0.929. The number of nitrogens with zero attached hydrogens (tertiary/aromatic N) is 1. The molecule has 0 aromatic carbocycles. The molecule has 2 nitrogen and oxygen atoms in total. The third-order valence-corrected chi connectivity index (χ3v) is 3.89. The summed E-state index contributed by atoms with van der Waals surface area (Å²) in [5.74, 6) is 0.671. The zero-order valence-corrected chi connectivity index (χ0v) is 11.8. The van der Waals surface area contributed by atoms with Gasteiger partial charge in [-0.15, -0.1) is 0 Å². The van der Waals surface area contributed by atoms with Crippen LogP contribution in [0.2, 0.25) is 0 Å². The van der Waals surface area contributed by atoms with Gasteiger partial charge in [0.25, 0.3) is 0 Å². The van der Waals surface area contributed by atoms with Crippen LogP contribution in [0.4, 0.5) is 0 Å². The molecule has 2 heteroatoms. The Morgan fingerprint density at radius 2 is 2.12 bits per heavy atom. The lowest BCUT2D eigenvalue weighted by Gasteiger charge is -2.25. The Kier molecular flexibility index (Phi) is 4.17. The van der Waals surface area contributed by atoms with Gasteiger partial charge in [0.05, 0.1) is 0 Å². The highest BCUT2D eigenvalue weighted by atomic mass is 16.5. The van der Waals surface area contributed by atoms with Crippen molar-refractivity contribution in [2.24, 2.45) is 16.3 Å². The molecule has 2 atom stereocenters. The molecule has 1 rings (SSSR count). The van der Waals surface area contributed by atoms with Crippen LogP contribution in [-0.2, 0) is 4.74 Å². The Balaban J connectivity index is 2.35. The fourth-order valence-corrected chi connectivity index (χ4v) is 2.11. The smallest absolute Gasteiger partial charge is 0.108 e. The van der Waals surface area contributed by atoms with Crippen LogP contribution >= 0.6 is 0 Å². The maximum atomic E-state index is 5.38. The third-order valence-electron chi connectivity index (χ3n) is 3.89. The van der Waals surface area contributed by atoms with E-state index in [0.717, 1.165) is 13.0 Å². The van der Waals surface area contributed by atoms with Gasteiger partial charge >= 0.3 is 0 Å².